The van der Waals surface area contributed by atoms with Gasteiger partial charge in [-0.2, -0.15) is 0 Å². The van der Waals surface area contributed by atoms with E-state index >= 15 is 0 Å². The van der Waals surface area contributed by atoms with Gasteiger partial charge < -0.3 is 14.5 Å². The van der Waals surface area contributed by atoms with Crippen molar-refractivity contribution in [2.45, 2.75) is 66.2 Å². The third-order valence-electron chi connectivity index (χ3n) is 8.88. The van der Waals surface area contributed by atoms with Gasteiger partial charge in [-0.05, 0) is 108 Å². The van der Waals surface area contributed by atoms with Gasteiger partial charge in [0.2, 0.25) is 0 Å². The standard InChI is InChI=1S/C41H46N4O/c1-28-20-37-38(21-29(28)2)44(27-43(37)9)34-22-31(41(6,7)8)23-36(26-34)46-35-17-13-16-33(25-35)45(32-14-11-10-12-15-32)39-24-30(18-19-42-39)40(3,4)5/h10-26H,27H2,1-9H3. The van der Waals surface area contributed by atoms with Gasteiger partial charge in [-0.1, -0.05) is 65.8 Å². The van der Waals surface area contributed by atoms with Crippen LogP contribution in [0.5, 0.6) is 11.5 Å². The number of ether oxygens (including phenoxy) is 1. The van der Waals surface area contributed by atoms with Crippen LogP contribution >= 0.6 is 0 Å². The Kier molecular flexibility index (Phi) is 8.05. The van der Waals surface area contributed by atoms with E-state index in [0.29, 0.717) is 0 Å². The van der Waals surface area contributed by atoms with Crippen LogP contribution in [-0.2, 0) is 10.8 Å². The fraction of sp³-hybridized carbons (Fsp3) is 0.293. The fourth-order valence-electron chi connectivity index (χ4n) is 5.94. The maximum Gasteiger partial charge on any atom is 0.137 e. The van der Waals surface area contributed by atoms with Crippen molar-refractivity contribution in [1.82, 2.24) is 4.98 Å². The van der Waals surface area contributed by atoms with Gasteiger partial charge in [0, 0.05) is 36.8 Å². The van der Waals surface area contributed by atoms with E-state index in [4.69, 9.17) is 9.72 Å². The van der Waals surface area contributed by atoms with Crippen LogP contribution in [0.4, 0.5) is 34.3 Å². The predicted octanol–water partition coefficient (Wildman–Crippen LogP) is 11.1. The lowest BCUT2D eigenvalue weighted by Crippen LogP contribution is -2.24. The Labute approximate surface area is 275 Å². The van der Waals surface area contributed by atoms with E-state index in [2.05, 4.69) is 162 Å². The molecule has 6 rings (SSSR count). The van der Waals surface area contributed by atoms with Gasteiger partial charge in [0.1, 0.15) is 17.3 Å². The molecule has 0 radical (unpaired) electrons. The Morgan fingerprint density at radius 1 is 0.652 bits per heavy atom. The summed E-state index contributed by atoms with van der Waals surface area (Å²) in [5.41, 5.74) is 10.6. The van der Waals surface area contributed by atoms with Crippen LogP contribution in [0.25, 0.3) is 0 Å². The number of benzene rings is 4. The molecule has 2 heterocycles. The second-order valence-electron chi connectivity index (χ2n) is 14.6. The summed E-state index contributed by atoms with van der Waals surface area (Å²) >= 11 is 0. The monoisotopic (exact) mass is 610 g/mol. The molecule has 0 spiro atoms. The Morgan fingerprint density at radius 2 is 1.33 bits per heavy atom. The number of aromatic nitrogens is 1. The smallest absolute Gasteiger partial charge is 0.137 e. The molecule has 0 fully saturated rings. The van der Waals surface area contributed by atoms with Crippen molar-refractivity contribution >= 4 is 34.3 Å². The van der Waals surface area contributed by atoms with E-state index in [9.17, 15) is 0 Å². The van der Waals surface area contributed by atoms with Crippen LogP contribution in [-0.4, -0.2) is 18.7 Å². The molecule has 0 unspecified atom stereocenters. The summed E-state index contributed by atoms with van der Waals surface area (Å²) in [4.78, 5) is 11.7. The van der Waals surface area contributed by atoms with Gasteiger partial charge in [-0.25, -0.2) is 4.98 Å². The summed E-state index contributed by atoms with van der Waals surface area (Å²) in [6.45, 7) is 18.6. The molecule has 236 valence electrons. The third kappa shape index (κ3) is 6.32. The molecule has 5 aromatic rings. The predicted molar refractivity (Wildman–Crippen MR) is 194 cm³/mol. The number of rotatable bonds is 6. The van der Waals surface area contributed by atoms with Crippen molar-refractivity contribution in [2.75, 3.05) is 28.4 Å². The van der Waals surface area contributed by atoms with Crippen LogP contribution in [0, 0.1) is 13.8 Å². The number of pyridine rings is 1. The molecule has 0 bridgehead atoms. The van der Waals surface area contributed by atoms with Crippen LogP contribution < -0.4 is 19.4 Å². The molecule has 4 aromatic carbocycles. The lowest BCUT2D eigenvalue weighted by molar-refractivity contribution is 0.479. The van der Waals surface area contributed by atoms with Crippen molar-refractivity contribution in [3.05, 3.63) is 126 Å². The molecule has 1 aliphatic rings. The average molecular weight is 611 g/mol. The van der Waals surface area contributed by atoms with Gasteiger partial charge in [0.15, 0.2) is 0 Å². The van der Waals surface area contributed by atoms with E-state index in [-0.39, 0.29) is 10.8 Å². The van der Waals surface area contributed by atoms with Crippen molar-refractivity contribution in [1.29, 1.82) is 0 Å². The number of aryl methyl sites for hydroxylation is 2. The summed E-state index contributed by atoms with van der Waals surface area (Å²) < 4.78 is 6.73. The van der Waals surface area contributed by atoms with Crippen LogP contribution in [0.1, 0.15) is 63.8 Å². The number of nitrogens with zero attached hydrogens (tertiary/aromatic N) is 4. The number of hydrogen-bond donors (Lipinski definition) is 0. The normalized spacial score (nSPS) is 13.2. The highest BCUT2D eigenvalue weighted by Crippen LogP contribution is 2.44. The lowest BCUT2D eigenvalue weighted by atomic mass is 9.86. The molecule has 0 saturated carbocycles. The average Bonchev–Trinajstić information content (AvgIpc) is 3.32. The zero-order chi connectivity index (χ0) is 32.8. The van der Waals surface area contributed by atoms with Crippen LogP contribution in [0.2, 0.25) is 0 Å². The summed E-state index contributed by atoms with van der Waals surface area (Å²) in [5.74, 6) is 2.46. The first kappa shape index (κ1) is 31.2. The minimum absolute atomic E-state index is 0.00295. The Hall–Kier alpha value is -4.77. The summed E-state index contributed by atoms with van der Waals surface area (Å²) in [5, 5.41) is 0. The van der Waals surface area contributed by atoms with Crippen molar-refractivity contribution < 1.29 is 4.74 Å². The number of anilines is 6. The molecule has 5 nitrogen and oxygen atoms in total. The fourth-order valence-corrected chi connectivity index (χ4v) is 5.94. The first-order valence-corrected chi connectivity index (χ1v) is 16.1. The Balaban J connectivity index is 1.40. The topological polar surface area (TPSA) is 31.8 Å². The maximum absolute atomic E-state index is 6.73. The largest absolute Gasteiger partial charge is 0.457 e. The highest BCUT2D eigenvalue weighted by molar-refractivity contribution is 5.84. The molecular weight excluding hydrogens is 564 g/mol. The minimum Gasteiger partial charge on any atom is -0.457 e. The minimum atomic E-state index is -0.0541. The van der Waals surface area contributed by atoms with E-state index < -0.39 is 0 Å². The van der Waals surface area contributed by atoms with E-state index in [1.54, 1.807) is 0 Å². The van der Waals surface area contributed by atoms with Gasteiger partial charge in [0.25, 0.3) is 0 Å². The highest BCUT2D eigenvalue weighted by Gasteiger charge is 2.27. The molecular formula is C41H46N4O. The molecule has 0 aliphatic carbocycles. The van der Waals surface area contributed by atoms with Crippen molar-refractivity contribution in [3.8, 4) is 11.5 Å². The Bertz CT molecular complexity index is 1870. The second kappa shape index (κ2) is 11.9. The highest BCUT2D eigenvalue weighted by atomic mass is 16.5. The summed E-state index contributed by atoms with van der Waals surface area (Å²) in [7, 11) is 2.16. The zero-order valence-electron chi connectivity index (χ0n) is 28.7. The molecule has 0 saturated heterocycles. The molecule has 5 heteroatoms. The Morgan fingerprint density at radius 3 is 2.02 bits per heavy atom. The third-order valence-corrected chi connectivity index (χ3v) is 8.88. The van der Waals surface area contributed by atoms with E-state index in [1.807, 2.05) is 18.3 Å². The van der Waals surface area contributed by atoms with Crippen molar-refractivity contribution in [3.63, 3.8) is 0 Å². The zero-order valence-corrected chi connectivity index (χ0v) is 28.7. The SMILES string of the molecule is Cc1cc2c(cc1C)N(c1cc(Oc3cccc(N(c4ccccc4)c4cc(C(C)(C)C)ccn4)c3)cc(C(C)(C)C)c1)CN2C. The van der Waals surface area contributed by atoms with Crippen LogP contribution in [0.15, 0.2) is 103 Å². The molecule has 0 amide bonds. The molecule has 0 N–H and O–H groups in total. The van der Waals surface area contributed by atoms with Gasteiger partial charge in [0.05, 0.1) is 23.7 Å². The maximum atomic E-state index is 6.73. The first-order chi connectivity index (χ1) is 21.8. The second-order valence-corrected chi connectivity index (χ2v) is 14.6. The van der Waals surface area contributed by atoms with Gasteiger partial charge >= 0.3 is 0 Å². The first-order valence-electron chi connectivity index (χ1n) is 16.1. The van der Waals surface area contributed by atoms with Crippen molar-refractivity contribution in [2.24, 2.45) is 0 Å². The molecule has 46 heavy (non-hydrogen) atoms. The molecule has 0 atom stereocenters. The van der Waals surface area contributed by atoms with E-state index in [0.717, 1.165) is 41.0 Å². The molecule has 1 aliphatic heterocycles. The van der Waals surface area contributed by atoms with Gasteiger partial charge in [-0.3, -0.25) is 4.90 Å². The number of hydrogen-bond acceptors (Lipinski definition) is 5. The number of para-hydroxylation sites is 1. The van der Waals surface area contributed by atoms with Gasteiger partial charge in [-0.15, -0.1) is 0 Å². The quantitative estimate of drug-likeness (QED) is 0.191. The molecule has 1 aromatic heterocycles. The lowest BCUT2D eigenvalue weighted by Gasteiger charge is -2.27. The van der Waals surface area contributed by atoms with Crippen LogP contribution in [0.3, 0.4) is 0 Å². The summed E-state index contributed by atoms with van der Waals surface area (Å²) in [6.07, 6.45) is 1.91. The van der Waals surface area contributed by atoms with E-state index in [1.165, 1.54) is 33.6 Å². The number of fused-ring (bicyclic) bond motifs is 1. The summed E-state index contributed by atoms with van der Waals surface area (Å²) in [6, 6.07) is 34.3.